The molecule has 3 heteroatoms. The highest BCUT2D eigenvalue weighted by Crippen LogP contribution is 2.14. The summed E-state index contributed by atoms with van der Waals surface area (Å²) in [7, 11) is 0. The van der Waals surface area contributed by atoms with Gasteiger partial charge in [-0.2, -0.15) is 0 Å². The SMILES string of the molecule is O=C(O)CCCCCCCCCCCCCC=CC=CC1=CO1. The third-order valence-electron chi connectivity index (χ3n) is 4.02. The first-order chi connectivity index (χ1) is 11.3. The summed E-state index contributed by atoms with van der Waals surface area (Å²) in [5.74, 6) is 0.303. The molecule has 23 heavy (non-hydrogen) atoms. The number of carboxylic acids is 1. The lowest BCUT2D eigenvalue weighted by atomic mass is 10.0. The van der Waals surface area contributed by atoms with Crippen LogP contribution in [-0.2, 0) is 9.53 Å². The lowest BCUT2D eigenvalue weighted by Crippen LogP contribution is -1.93. The Morgan fingerprint density at radius 1 is 0.870 bits per heavy atom. The Morgan fingerprint density at radius 3 is 1.91 bits per heavy atom. The van der Waals surface area contributed by atoms with Crippen molar-refractivity contribution >= 4 is 5.97 Å². The van der Waals surface area contributed by atoms with Gasteiger partial charge in [-0.1, -0.05) is 76.0 Å². The van der Waals surface area contributed by atoms with Crippen molar-refractivity contribution in [3.05, 3.63) is 36.3 Å². The van der Waals surface area contributed by atoms with Gasteiger partial charge in [0, 0.05) is 6.42 Å². The molecular weight excluding hydrogens is 288 g/mol. The van der Waals surface area contributed by atoms with Crippen molar-refractivity contribution in [2.24, 2.45) is 0 Å². The predicted octanol–water partition coefficient (Wildman–Crippen LogP) is 6.13. The number of allylic oxidation sites excluding steroid dienone is 4. The average molecular weight is 320 g/mol. The number of aliphatic carboxylic acids is 1. The van der Waals surface area contributed by atoms with E-state index in [1.165, 1.54) is 64.2 Å². The predicted molar refractivity (Wildman–Crippen MR) is 95.1 cm³/mol. The van der Waals surface area contributed by atoms with Gasteiger partial charge < -0.3 is 9.84 Å². The van der Waals surface area contributed by atoms with E-state index in [4.69, 9.17) is 9.84 Å². The maximum absolute atomic E-state index is 10.4. The Kier molecular flexibility index (Phi) is 12.0. The Hall–Kier alpha value is -1.51. The molecule has 0 aromatic rings. The van der Waals surface area contributed by atoms with Crippen molar-refractivity contribution in [2.75, 3.05) is 0 Å². The molecule has 0 bridgehead atoms. The minimum absolute atomic E-state index is 0.331. The molecule has 130 valence electrons. The molecule has 1 N–H and O–H groups in total. The van der Waals surface area contributed by atoms with Crippen LogP contribution in [0.4, 0.5) is 0 Å². The van der Waals surface area contributed by atoms with Crippen molar-refractivity contribution in [3.8, 4) is 0 Å². The summed E-state index contributed by atoms with van der Waals surface area (Å²) in [6.45, 7) is 0. The van der Waals surface area contributed by atoms with Crippen molar-refractivity contribution < 1.29 is 14.6 Å². The standard InChI is InChI=1S/C20H32O3/c21-20(22)17-15-13-11-9-7-5-3-1-2-4-6-8-10-12-14-16-19-18-23-19/h10,12,14,16,18H,1-9,11,13,15,17H2,(H,21,22). The van der Waals surface area contributed by atoms with Gasteiger partial charge in [0.15, 0.2) is 5.76 Å². The minimum Gasteiger partial charge on any atom is -0.481 e. The number of carboxylic acid groups (broad SMARTS) is 1. The summed E-state index contributed by atoms with van der Waals surface area (Å²) in [4.78, 5) is 10.4. The first-order valence-corrected chi connectivity index (χ1v) is 9.21. The average Bonchev–Trinajstić information content (AvgIpc) is 3.34. The largest absolute Gasteiger partial charge is 0.481 e. The quantitative estimate of drug-likeness (QED) is 0.275. The van der Waals surface area contributed by atoms with Gasteiger partial charge in [0.05, 0.1) is 0 Å². The number of hydrogen-bond donors (Lipinski definition) is 1. The Labute approximate surface area is 141 Å². The van der Waals surface area contributed by atoms with Crippen LogP contribution in [0, 0.1) is 0 Å². The van der Waals surface area contributed by atoms with E-state index in [1.54, 1.807) is 6.26 Å². The van der Waals surface area contributed by atoms with Crippen LogP contribution in [0.1, 0.15) is 83.5 Å². The van der Waals surface area contributed by atoms with E-state index < -0.39 is 5.97 Å². The maximum Gasteiger partial charge on any atom is 0.303 e. The Balaban J connectivity index is 1.69. The van der Waals surface area contributed by atoms with Crippen molar-refractivity contribution in [3.63, 3.8) is 0 Å². The summed E-state index contributed by atoms with van der Waals surface area (Å²) in [5.41, 5.74) is 0. The number of rotatable bonds is 16. The van der Waals surface area contributed by atoms with Crippen LogP contribution in [0.5, 0.6) is 0 Å². The van der Waals surface area contributed by atoms with Gasteiger partial charge in [0.1, 0.15) is 6.26 Å². The Bertz CT molecular complexity index is 394. The second-order valence-electron chi connectivity index (χ2n) is 6.25. The zero-order chi connectivity index (χ0) is 16.6. The fourth-order valence-electron chi connectivity index (χ4n) is 2.57. The molecule has 0 aromatic heterocycles. The first-order valence-electron chi connectivity index (χ1n) is 9.21. The van der Waals surface area contributed by atoms with Crippen molar-refractivity contribution in [1.29, 1.82) is 0 Å². The lowest BCUT2D eigenvalue weighted by Gasteiger charge is -2.02. The molecule has 1 aliphatic heterocycles. The lowest BCUT2D eigenvalue weighted by molar-refractivity contribution is -0.137. The van der Waals surface area contributed by atoms with E-state index in [2.05, 4.69) is 12.2 Å². The molecule has 1 aliphatic rings. The second kappa shape index (κ2) is 14.1. The minimum atomic E-state index is -0.664. The van der Waals surface area contributed by atoms with Crippen LogP contribution in [0.15, 0.2) is 36.3 Å². The smallest absolute Gasteiger partial charge is 0.303 e. The highest BCUT2D eigenvalue weighted by Gasteiger charge is 2.01. The first kappa shape index (κ1) is 19.5. The van der Waals surface area contributed by atoms with Gasteiger partial charge in [-0.25, -0.2) is 0 Å². The van der Waals surface area contributed by atoms with Crippen LogP contribution >= 0.6 is 0 Å². The second-order valence-corrected chi connectivity index (χ2v) is 6.25. The molecular formula is C20H32O3. The van der Waals surface area contributed by atoms with Crippen LogP contribution in [0.2, 0.25) is 0 Å². The molecule has 0 atom stereocenters. The molecule has 0 saturated heterocycles. The van der Waals surface area contributed by atoms with E-state index in [9.17, 15) is 4.79 Å². The van der Waals surface area contributed by atoms with Gasteiger partial charge in [-0.05, 0) is 25.3 Å². The highest BCUT2D eigenvalue weighted by molar-refractivity contribution is 5.66. The molecule has 0 aliphatic carbocycles. The van der Waals surface area contributed by atoms with E-state index >= 15 is 0 Å². The van der Waals surface area contributed by atoms with Crippen LogP contribution in [0.25, 0.3) is 0 Å². The molecule has 0 spiro atoms. The molecule has 0 radical (unpaired) electrons. The summed E-state index contributed by atoms with van der Waals surface area (Å²) < 4.78 is 4.89. The van der Waals surface area contributed by atoms with E-state index in [0.717, 1.165) is 18.6 Å². The summed E-state index contributed by atoms with van der Waals surface area (Å²) in [6, 6.07) is 0. The van der Waals surface area contributed by atoms with Crippen LogP contribution in [-0.4, -0.2) is 11.1 Å². The van der Waals surface area contributed by atoms with Gasteiger partial charge in [0.2, 0.25) is 0 Å². The molecule has 0 aromatic carbocycles. The number of ether oxygens (including phenoxy) is 1. The van der Waals surface area contributed by atoms with Gasteiger partial charge >= 0.3 is 5.97 Å². The fraction of sp³-hybridized carbons (Fsp3) is 0.650. The third kappa shape index (κ3) is 15.2. The number of carbonyl (C=O) groups is 1. The topological polar surface area (TPSA) is 49.8 Å². The van der Waals surface area contributed by atoms with Gasteiger partial charge in [0.25, 0.3) is 0 Å². The highest BCUT2D eigenvalue weighted by atomic mass is 16.5. The van der Waals surface area contributed by atoms with Gasteiger partial charge in [-0.15, -0.1) is 0 Å². The third-order valence-corrected chi connectivity index (χ3v) is 4.02. The van der Waals surface area contributed by atoms with E-state index in [0.29, 0.717) is 6.42 Å². The number of unbranched alkanes of at least 4 members (excludes halogenated alkanes) is 11. The number of hydrogen-bond acceptors (Lipinski definition) is 2. The molecule has 0 saturated carbocycles. The summed E-state index contributed by atoms with van der Waals surface area (Å²) in [6.07, 6.45) is 25.2. The van der Waals surface area contributed by atoms with Crippen molar-refractivity contribution in [2.45, 2.75) is 83.5 Å². The van der Waals surface area contributed by atoms with Crippen molar-refractivity contribution in [1.82, 2.24) is 0 Å². The molecule has 3 nitrogen and oxygen atoms in total. The monoisotopic (exact) mass is 320 g/mol. The zero-order valence-corrected chi connectivity index (χ0v) is 14.3. The fourth-order valence-corrected chi connectivity index (χ4v) is 2.57. The summed E-state index contributed by atoms with van der Waals surface area (Å²) >= 11 is 0. The zero-order valence-electron chi connectivity index (χ0n) is 14.3. The normalized spacial score (nSPS) is 13.5. The Morgan fingerprint density at radius 2 is 1.39 bits per heavy atom. The molecule has 0 fully saturated rings. The summed E-state index contributed by atoms with van der Waals surface area (Å²) in [5, 5.41) is 8.54. The van der Waals surface area contributed by atoms with E-state index in [-0.39, 0.29) is 0 Å². The molecule has 0 amide bonds. The maximum atomic E-state index is 10.4. The van der Waals surface area contributed by atoms with Crippen LogP contribution < -0.4 is 0 Å². The van der Waals surface area contributed by atoms with Crippen LogP contribution in [0.3, 0.4) is 0 Å². The molecule has 0 unspecified atom stereocenters. The van der Waals surface area contributed by atoms with Gasteiger partial charge in [-0.3, -0.25) is 4.79 Å². The van der Waals surface area contributed by atoms with E-state index in [1.807, 2.05) is 12.2 Å². The molecule has 1 rings (SSSR count). The molecule has 1 heterocycles.